The summed E-state index contributed by atoms with van der Waals surface area (Å²) in [6.45, 7) is 9.03. The second kappa shape index (κ2) is 3.05. The van der Waals surface area contributed by atoms with Gasteiger partial charge in [-0.15, -0.1) is 0 Å². The molecule has 0 fully saturated rings. The fraction of sp³-hybridized carbons (Fsp3) is 0.833. The maximum absolute atomic E-state index is 3.01. The average Bonchev–Trinajstić information content (AvgIpc) is 1.59. The van der Waals surface area contributed by atoms with Gasteiger partial charge in [0.1, 0.15) is 6.67 Å². The molecule has 0 aromatic rings. The SMILES string of the molecule is CN[C]NC(C)(C)C. The van der Waals surface area contributed by atoms with Crippen molar-refractivity contribution in [2.45, 2.75) is 26.3 Å². The Kier molecular flexibility index (Phi) is 3.02. The molecule has 0 saturated carbocycles. The molecule has 2 N–H and O–H groups in total. The highest BCUT2D eigenvalue weighted by Gasteiger charge is 2.06. The topological polar surface area (TPSA) is 24.1 Å². The van der Waals surface area contributed by atoms with E-state index >= 15 is 0 Å². The van der Waals surface area contributed by atoms with Crippen LogP contribution in [0.1, 0.15) is 20.8 Å². The maximum atomic E-state index is 3.01. The van der Waals surface area contributed by atoms with Crippen LogP contribution >= 0.6 is 0 Å². The zero-order valence-electron chi connectivity index (χ0n) is 6.00. The van der Waals surface area contributed by atoms with Gasteiger partial charge in [-0.05, 0) is 27.8 Å². The molecule has 48 valence electrons. The van der Waals surface area contributed by atoms with Gasteiger partial charge in [0.25, 0.3) is 0 Å². The molecule has 0 aromatic carbocycles. The minimum absolute atomic E-state index is 0.128. The van der Waals surface area contributed by atoms with Crippen molar-refractivity contribution in [2.75, 3.05) is 7.05 Å². The monoisotopic (exact) mass is 114 g/mol. The summed E-state index contributed by atoms with van der Waals surface area (Å²) in [4.78, 5) is 0. The van der Waals surface area contributed by atoms with Crippen LogP contribution < -0.4 is 10.6 Å². The first-order valence-corrected chi connectivity index (χ1v) is 2.75. The molecule has 0 aliphatic heterocycles. The van der Waals surface area contributed by atoms with Gasteiger partial charge in [-0.2, -0.15) is 0 Å². The van der Waals surface area contributed by atoms with E-state index in [0.29, 0.717) is 0 Å². The third-order valence-electron chi connectivity index (χ3n) is 0.562. The largest absolute Gasteiger partial charge is 0.297 e. The smallest absolute Gasteiger partial charge is 0.140 e. The Labute approximate surface area is 51.7 Å². The van der Waals surface area contributed by atoms with Crippen LogP contribution in [0, 0.1) is 6.67 Å². The summed E-state index contributed by atoms with van der Waals surface area (Å²) in [6, 6.07) is 0. The highest BCUT2D eigenvalue weighted by molar-refractivity contribution is 4.73. The molecule has 0 unspecified atom stereocenters. The van der Waals surface area contributed by atoms with Crippen molar-refractivity contribution in [1.82, 2.24) is 10.6 Å². The van der Waals surface area contributed by atoms with Crippen molar-refractivity contribution in [1.29, 1.82) is 0 Å². The summed E-state index contributed by atoms with van der Waals surface area (Å²) in [6.07, 6.45) is 0. The minimum atomic E-state index is 0.128. The number of rotatable bonds is 2. The number of hydrogen-bond donors (Lipinski definition) is 2. The minimum Gasteiger partial charge on any atom is -0.297 e. The van der Waals surface area contributed by atoms with Gasteiger partial charge in [0, 0.05) is 5.54 Å². The van der Waals surface area contributed by atoms with Crippen LogP contribution in [0.5, 0.6) is 0 Å². The van der Waals surface area contributed by atoms with E-state index in [2.05, 4.69) is 38.1 Å². The highest BCUT2D eigenvalue weighted by atomic mass is 15.1. The molecule has 0 saturated heterocycles. The first-order chi connectivity index (χ1) is 3.56. The zero-order chi connectivity index (χ0) is 6.62. The Morgan fingerprint density at radius 1 is 1.25 bits per heavy atom. The lowest BCUT2D eigenvalue weighted by Crippen LogP contribution is -2.36. The molecule has 2 heteroatoms. The van der Waals surface area contributed by atoms with Gasteiger partial charge in [0.15, 0.2) is 0 Å². The molecule has 0 spiro atoms. The molecular formula is C6H14N2. The van der Waals surface area contributed by atoms with Crippen molar-refractivity contribution in [2.24, 2.45) is 0 Å². The third kappa shape index (κ3) is 5.92. The van der Waals surface area contributed by atoms with E-state index in [9.17, 15) is 0 Å². The zero-order valence-corrected chi connectivity index (χ0v) is 6.00. The Balaban J connectivity index is 3.11. The van der Waals surface area contributed by atoms with E-state index in [1.807, 2.05) is 7.05 Å². The predicted molar refractivity (Wildman–Crippen MR) is 35.2 cm³/mol. The molecule has 0 aliphatic carbocycles. The molecule has 2 radical (unpaired) electrons. The lowest BCUT2D eigenvalue weighted by molar-refractivity contribution is 0.453. The van der Waals surface area contributed by atoms with Gasteiger partial charge in [0.2, 0.25) is 0 Å². The molecule has 0 amide bonds. The molecule has 0 aromatic heterocycles. The van der Waals surface area contributed by atoms with E-state index < -0.39 is 0 Å². The maximum Gasteiger partial charge on any atom is 0.140 e. The lowest BCUT2D eigenvalue weighted by Gasteiger charge is -2.18. The van der Waals surface area contributed by atoms with Crippen LogP contribution in [0.25, 0.3) is 0 Å². The van der Waals surface area contributed by atoms with Crippen LogP contribution in [-0.2, 0) is 0 Å². The summed E-state index contributed by atoms with van der Waals surface area (Å²) >= 11 is 0. The van der Waals surface area contributed by atoms with Gasteiger partial charge in [-0.3, -0.25) is 10.6 Å². The van der Waals surface area contributed by atoms with Crippen molar-refractivity contribution >= 4 is 0 Å². The fourth-order valence-electron chi connectivity index (χ4n) is 0.250. The Hall–Kier alpha value is -0.0800. The summed E-state index contributed by atoms with van der Waals surface area (Å²) in [5.74, 6) is 0. The van der Waals surface area contributed by atoms with Crippen LogP contribution in [0.2, 0.25) is 0 Å². The molecule has 0 aliphatic rings. The summed E-state index contributed by atoms with van der Waals surface area (Å²) < 4.78 is 0. The van der Waals surface area contributed by atoms with Gasteiger partial charge in [-0.25, -0.2) is 0 Å². The third-order valence-corrected chi connectivity index (χ3v) is 0.562. The Morgan fingerprint density at radius 3 is 1.88 bits per heavy atom. The lowest BCUT2D eigenvalue weighted by atomic mass is 10.1. The summed E-state index contributed by atoms with van der Waals surface area (Å²) in [5, 5.41) is 5.77. The van der Waals surface area contributed by atoms with E-state index in [1.165, 1.54) is 0 Å². The number of nitrogens with one attached hydrogen (secondary N) is 2. The van der Waals surface area contributed by atoms with Gasteiger partial charge in [-0.1, -0.05) is 0 Å². The molecule has 0 heterocycles. The molecule has 0 bridgehead atoms. The van der Waals surface area contributed by atoms with Crippen LogP contribution in [0.15, 0.2) is 0 Å². The van der Waals surface area contributed by atoms with Gasteiger partial charge >= 0.3 is 0 Å². The van der Waals surface area contributed by atoms with E-state index in [-0.39, 0.29) is 5.54 Å². The van der Waals surface area contributed by atoms with Crippen LogP contribution in [0.4, 0.5) is 0 Å². The van der Waals surface area contributed by atoms with E-state index in [4.69, 9.17) is 0 Å². The van der Waals surface area contributed by atoms with Crippen molar-refractivity contribution in [3.63, 3.8) is 0 Å². The predicted octanol–water partition coefficient (Wildman–Crippen LogP) is 0.590. The molecule has 2 nitrogen and oxygen atoms in total. The van der Waals surface area contributed by atoms with E-state index in [0.717, 1.165) is 0 Å². The van der Waals surface area contributed by atoms with Crippen molar-refractivity contribution < 1.29 is 0 Å². The molecule has 0 rings (SSSR count). The first-order valence-electron chi connectivity index (χ1n) is 2.75. The Morgan fingerprint density at radius 2 is 1.75 bits per heavy atom. The second-order valence-corrected chi connectivity index (χ2v) is 2.75. The molecule has 0 atom stereocenters. The highest BCUT2D eigenvalue weighted by Crippen LogP contribution is 1.96. The van der Waals surface area contributed by atoms with Crippen molar-refractivity contribution in [3.8, 4) is 0 Å². The summed E-state index contributed by atoms with van der Waals surface area (Å²) in [5.41, 5.74) is 0.128. The second-order valence-electron chi connectivity index (χ2n) is 2.75. The number of hydrogen-bond acceptors (Lipinski definition) is 2. The van der Waals surface area contributed by atoms with Crippen LogP contribution in [-0.4, -0.2) is 12.6 Å². The quantitative estimate of drug-likeness (QED) is 0.513. The first kappa shape index (κ1) is 7.92. The normalized spacial score (nSPS) is 12.0. The van der Waals surface area contributed by atoms with Crippen LogP contribution in [0.3, 0.4) is 0 Å². The standard InChI is InChI=1S/C6H14N2/c1-6(2,3)8-5-7-4/h7-8H,1-4H3. The molecular weight excluding hydrogens is 100 g/mol. The van der Waals surface area contributed by atoms with Crippen molar-refractivity contribution in [3.05, 3.63) is 6.67 Å². The summed E-state index contributed by atoms with van der Waals surface area (Å²) in [7, 11) is 1.82. The van der Waals surface area contributed by atoms with E-state index in [1.54, 1.807) is 0 Å². The average molecular weight is 114 g/mol. The fourth-order valence-corrected chi connectivity index (χ4v) is 0.250. The molecule has 8 heavy (non-hydrogen) atoms. The van der Waals surface area contributed by atoms with Gasteiger partial charge < -0.3 is 0 Å². The van der Waals surface area contributed by atoms with Gasteiger partial charge in [0.05, 0.1) is 0 Å². The Bertz CT molecular complexity index is 54.0.